The average Bonchev–Trinajstić information content (AvgIpc) is 2.62. The lowest BCUT2D eigenvalue weighted by molar-refractivity contribution is 0.0837. The third-order valence-electron chi connectivity index (χ3n) is 3.72. The van der Waals surface area contributed by atoms with Gasteiger partial charge in [0.25, 0.3) is 0 Å². The first kappa shape index (κ1) is 18.7. The molecule has 0 aliphatic heterocycles. The molecule has 0 bridgehead atoms. The van der Waals surface area contributed by atoms with Gasteiger partial charge >= 0.3 is 0 Å². The standard InChI is InChI=1S/C19H12Cl2N2O2/c20-15-5-1-12(2-6-15)18(24)9-17(14(10-22)11-23)19(25)13-3-7-16(21)8-4-13/h1-8,14,17H,9H2. The van der Waals surface area contributed by atoms with Crippen molar-refractivity contribution in [2.75, 3.05) is 0 Å². The monoisotopic (exact) mass is 370 g/mol. The zero-order valence-corrected chi connectivity index (χ0v) is 14.5. The van der Waals surface area contributed by atoms with Crippen LogP contribution in [0.5, 0.6) is 0 Å². The van der Waals surface area contributed by atoms with Crippen LogP contribution in [0.4, 0.5) is 0 Å². The van der Waals surface area contributed by atoms with Crippen molar-refractivity contribution in [1.82, 2.24) is 0 Å². The van der Waals surface area contributed by atoms with Gasteiger partial charge in [-0.1, -0.05) is 23.2 Å². The minimum absolute atomic E-state index is 0.241. The van der Waals surface area contributed by atoms with E-state index in [0.29, 0.717) is 21.2 Å². The Labute approximate surface area is 155 Å². The maximum absolute atomic E-state index is 12.7. The quantitative estimate of drug-likeness (QED) is 0.688. The molecule has 2 aromatic rings. The van der Waals surface area contributed by atoms with Crippen molar-refractivity contribution in [3.8, 4) is 12.1 Å². The second-order valence-corrected chi connectivity index (χ2v) is 6.22. The Morgan fingerprint density at radius 3 is 1.72 bits per heavy atom. The largest absolute Gasteiger partial charge is 0.294 e. The summed E-state index contributed by atoms with van der Waals surface area (Å²) >= 11 is 11.6. The van der Waals surface area contributed by atoms with Gasteiger partial charge in [0.1, 0.15) is 5.92 Å². The smallest absolute Gasteiger partial charge is 0.168 e. The summed E-state index contributed by atoms with van der Waals surface area (Å²) in [6.45, 7) is 0. The highest BCUT2D eigenvalue weighted by Gasteiger charge is 2.31. The lowest BCUT2D eigenvalue weighted by atomic mass is 9.82. The van der Waals surface area contributed by atoms with Crippen molar-refractivity contribution in [2.45, 2.75) is 6.42 Å². The topological polar surface area (TPSA) is 81.7 Å². The van der Waals surface area contributed by atoms with Gasteiger partial charge in [0.15, 0.2) is 11.6 Å². The lowest BCUT2D eigenvalue weighted by Gasteiger charge is -2.16. The summed E-state index contributed by atoms with van der Waals surface area (Å²) in [6, 6.07) is 15.9. The Morgan fingerprint density at radius 1 is 0.840 bits per heavy atom. The molecule has 0 radical (unpaired) electrons. The van der Waals surface area contributed by atoms with Crippen LogP contribution in [-0.4, -0.2) is 11.6 Å². The highest BCUT2D eigenvalue weighted by molar-refractivity contribution is 6.31. The van der Waals surface area contributed by atoms with Crippen molar-refractivity contribution in [3.63, 3.8) is 0 Å². The van der Waals surface area contributed by atoms with Crippen LogP contribution in [0.2, 0.25) is 10.0 Å². The maximum Gasteiger partial charge on any atom is 0.168 e. The molecule has 0 aromatic heterocycles. The van der Waals surface area contributed by atoms with E-state index in [4.69, 9.17) is 23.2 Å². The normalized spacial score (nSPS) is 11.4. The minimum atomic E-state index is -1.22. The summed E-state index contributed by atoms with van der Waals surface area (Å²) in [5, 5.41) is 19.3. The summed E-state index contributed by atoms with van der Waals surface area (Å²) < 4.78 is 0. The zero-order chi connectivity index (χ0) is 18.4. The summed E-state index contributed by atoms with van der Waals surface area (Å²) in [7, 11) is 0. The number of benzene rings is 2. The van der Waals surface area contributed by atoms with Gasteiger partial charge in [-0.25, -0.2) is 0 Å². The summed E-state index contributed by atoms with van der Waals surface area (Å²) in [6.07, 6.45) is -0.241. The zero-order valence-electron chi connectivity index (χ0n) is 12.9. The first-order valence-electron chi connectivity index (χ1n) is 7.34. The molecule has 2 rings (SSSR count). The Balaban J connectivity index is 2.30. The van der Waals surface area contributed by atoms with Gasteiger partial charge in [-0.15, -0.1) is 0 Å². The van der Waals surface area contributed by atoms with Gasteiger partial charge < -0.3 is 0 Å². The van der Waals surface area contributed by atoms with Crippen molar-refractivity contribution < 1.29 is 9.59 Å². The van der Waals surface area contributed by atoms with E-state index in [0.717, 1.165) is 0 Å². The third-order valence-corrected chi connectivity index (χ3v) is 4.22. The molecule has 0 amide bonds. The third kappa shape index (κ3) is 4.67. The molecule has 6 heteroatoms. The number of hydrogen-bond acceptors (Lipinski definition) is 4. The van der Waals surface area contributed by atoms with Crippen molar-refractivity contribution >= 4 is 34.8 Å². The molecule has 4 nitrogen and oxygen atoms in total. The fourth-order valence-electron chi connectivity index (χ4n) is 2.35. The first-order valence-corrected chi connectivity index (χ1v) is 8.09. The lowest BCUT2D eigenvalue weighted by Crippen LogP contribution is -2.25. The number of rotatable bonds is 6. The SMILES string of the molecule is N#CC(C#N)C(CC(=O)c1ccc(Cl)cc1)C(=O)c1ccc(Cl)cc1. The number of carbonyl (C=O) groups excluding carboxylic acids is 2. The maximum atomic E-state index is 12.7. The Kier molecular flexibility index (Phi) is 6.31. The molecular weight excluding hydrogens is 359 g/mol. The van der Waals surface area contributed by atoms with E-state index < -0.39 is 17.6 Å². The molecule has 0 aliphatic rings. The molecule has 1 atom stereocenters. The molecule has 0 fully saturated rings. The number of hydrogen-bond donors (Lipinski definition) is 0. The molecule has 0 heterocycles. The fraction of sp³-hybridized carbons (Fsp3) is 0.158. The molecule has 0 saturated carbocycles. The Hall–Kier alpha value is -2.66. The number of nitriles is 2. The van der Waals surface area contributed by atoms with Crippen LogP contribution < -0.4 is 0 Å². The predicted molar refractivity (Wildman–Crippen MR) is 94.4 cm³/mol. The Morgan fingerprint density at radius 2 is 1.28 bits per heavy atom. The first-order chi connectivity index (χ1) is 12.0. The number of halogens is 2. The molecular formula is C19H12Cl2N2O2. The van der Waals surface area contributed by atoms with Crippen LogP contribution in [0.3, 0.4) is 0 Å². The highest BCUT2D eigenvalue weighted by Crippen LogP contribution is 2.24. The van der Waals surface area contributed by atoms with Gasteiger partial charge in [-0.05, 0) is 48.5 Å². The van der Waals surface area contributed by atoms with Gasteiger partial charge in [0.05, 0.1) is 18.1 Å². The average molecular weight is 371 g/mol. The van der Waals surface area contributed by atoms with Gasteiger partial charge in [0, 0.05) is 27.6 Å². The van der Waals surface area contributed by atoms with E-state index in [1.54, 1.807) is 48.5 Å². The second-order valence-electron chi connectivity index (χ2n) is 5.35. The molecule has 124 valence electrons. The van der Waals surface area contributed by atoms with Crippen LogP contribution >= 0.6 is 23.2 Å². The molecule has 0 aliphatic carbocycles. The fourth-order valence-corrected chi connectivity index (χ4v) is 2.60. The number of carbonyl (C=O) groups is 2. The summed E-state index contributed by atoms with van der Waals surface area (Å²) in [4.78, 5) is 25.2. The van der Waals surface area contributed by atoms with Crippen molar-refractivity contribution in [2.24, 2.45) is 11.8 Å². The van der Waals surface area contributed by atoms with Gasteiger partial charge in [-0.3, -0.25) is 9.59 Å². The number of nitrogens with zero attached hydrogens (tertiary/aromatic N) is 2. The van der Waals surface area contributed by atoms with Crippen LogP contribution in [-0.2, 0) is 0 Å². The van der Waals surface area contributed by atoms with E-state index in [-0.39, 0.29) is 12.2 Å². The van der Waals surface area contributed by atoms with E-state index in [2.05, 4.69) is 0 Å². The Bertz CT molecular complexity index is 848. The number of ketones is 2. The molecule has 25 heavy (non-hydrogen) atoms. The van der Waals surface area contributed by atoms with Crippen molar-refractivity contribution in [1.29, 1.82) is 10.5 Å². The molecule has 1 unspecified atom stereocenters. The number of Topliss-reactive ketones (excluding diaryl/α,β-unsaturated/α-hetero) is 2. The molecule has 0 N–H and O–H groups in total. The van der Waals surface area contributed by atoms with Gasteiger partial charge in [0.2, 0.25) is 0 Å². The summed E-state index contributed by atoms with van der Waals surface area (Å²) in [5.74, 6) is -3.05. The minimum Gasteiger partial charge on any atom is -0.294 e. The van der Waals surface area contributed by atoms with E-state index in [1.165, 1.54) is 12.1 Å². The van der Waals surface area contributed by atoms with E-state index in [1.807, 2.05) is 0 Å². The predicted octanol–water partition coefficient (Wildman–Crippen LogP) is 4.73. The summed E-state index contributed by atoms with van der Waals surface area (Å²) in [5.41, 5.74) is 0.668. The molecule has 2 aromatic carbocycles. The van der Waals surface area contributed by atoms with Crippen LogP contribution in [0, 0.1) is 34.5 Å². The van der Waals surface area contributed by atoms with Crippen LogP contribution in [0.25, 0.3) is 0 Å². The van der Waals surface area contributed by atoms with Crippen LogP contribution in [0.15, 0.2) is 48.5 Å². The second kappa shape index (κ2) is 8.44. The molecule has 0 saturated heterocycles. The van der Waals surface area contributed by atoms with E-state index in [9.17, 15) is 20.1 Å². The van der Waals surface area contributed by atoms with Crippen LogP contribution in [0.1, 0.15) is 27.1 Å². The highest BCUT2D eigenvalue weighted by atomic mass is 35.5. The van der Waals surface area contributed by atoms with E-state index >= 15 is 0 Å². The molecule has 0 spiro atoms. The van der Waals surface area contributed by atoms with Crippen molar-refractivity contribution in [3.05, 3.63) is 69.7 Å². The van der Waals surface area contributed by atoms with Gasteiger partial charge in [-0.2, -0.15) is 10.5 Å².